The summed E-state index contributed by atoms with van der Waals surface area (Å²) in [6.07, 6.45) is 3.75. The van der Waals surface area contributed by atoms with E-state index in [-0.39, 0.29) is 5.91 Å². The van der Waals surface area contributed by atoms with Crippen molar-refractivity contribution in [1.82, 2.24) is 5.32 Å². The van der Waals surface area contributed by atoms with Crippen molar-refractivity contribution in [1.29, 1.82) is 0 Å². The maximum Gasteiger partial charge on any atom is 0.217 e. The van der Waals surface area contributed by atoms with Crippen LogP contribution >= 0.6 is 0 Å². The Balaban J connectivity index is 1.61. The molecule has 1 aromatic carbocycles. The third-order valence-corrected chi connectivity index (χ3v) is 3.44. The molecule has 0 spiro atoms. The number of benzene rings is 1. The summed E-state index contributed by atoms with van der Waals surface area (Å²) in [4.78, 5) is 10.6. The molecule has 0 aromatic heterocycles. The van der Waals surface area contributed by atoms with E-state index in [4.69, 9.17) is 5.73 Å². The van der Waals surface area contributed by atoms with E-state index in [1.165, 1.54) is 18.4 Å². The van der Waals surface area contributed by atoms with Crippen LogP contribution < -0.4 is 11.1 Å². The fourth-order valence-corrected chi connectivity index (χ4v) is 2.35. The lowest BCUT2D eigenvalue weighted by Crippen LogP contribution is -2.40. The number of carbonyl (C=O) groups is 1. The number of amides is 1. The van der Waals surface area contributed by atoms with E-state index in [2.05, 4.69) is 35.6 Å². The van der Waals surface area contributed by atoms with E-state index in [1.807, 2.05) is 0 Å². The van der Waals surface area contributed by atoms with E-state index in [0.717, 1.165) is 13.0 Å². The highest BCUT2D eigenvalue weighted by atomic mass is 16.1. The molecule has 1 aromatic rings. The Morgan fingerprint density at radius 3 is 2.65 bits per heavy atom. The summed E-state index contributed by atoms with van der Waals surface area (Å²) in [6.45, 7) is 0.898. The molecule has 0 saturated heterocycles. The summed E-state index contributed by atoms with van der Waals surface area (Å²) in [5.41, 5.74) is 6.53. The van der Waals surface area contributed by atoms with Crippen molar-refractivity contribution in [3.05, 3.63) is 35.9 Å². The minimum absolute atomic E-state index is 0.206. The summed E-state index contributed by atoms with van der Waals surface area (Å²) in [5.74, 6) is 0.507. The highest BCUT2D eigenvalue weighted by Crippen LogP contribution is 2.36. The van der Waals surface area contributed by atoms with Gasteiger partial charge in [-0.05, 0) is 37.3 Å². The molecule has 3 nitrogen and oxygen atoms in total. The van der Waals surface area contributed by atoms with Gasteiger partial charge in [0.25, 0.3) is 0 Å². The van der Waals surface area contributed by atoms with Crippen LogP contribution in [0.2, 0.25) is 0 Å². The lowest BCUT2D eigenvalue weighted by Gasteiger charge is -2.36. The van der Waals surface area contributed by atoms with Crippen molar-refractivity contribution in [2.75, 3.05) is 6.54 Å². The monoisotopic (exact) mass is 232 g/mol. The van der Waals surface area contributed by atoms with Crippen molar-refractivity contribution in [2.24, 2.45) is 5.73 Å². The molecule has 0 radical (unpaired) electrons. The molecule has 1 aliphatic rings. The summed E-state index contributed by atoms with van der Waals surface area (Å²) in [5, 5.41) is 3.47. The fourth-order valence-electron chi connectivity index (χ4n) is 2.35. The van der Waals surface area contributed by atoms with Crippen molar-refractivity contribution >= 4 is 5.91 Å². The zero-order valence-corrected chi connectivity index (χ0v) is 10.1. The van der Waals surface area contributed by atoms with Crippen LogP contribution in [-0.4, -0.2) is 18.5 Å². The Kier molecular flexibility index (Phi) is 4.15. The molecule has 3 N–H and O–H groups in total. The number of rotatable bonds is 6. The number of hydrogen-bond donors (Lipinski definition) is 2. The van der Waals surface area contributed by atoms with Crippen molar-refractivity contribution in [3.63, 3.8) is 0 Å². The van der Waals surface area contributed by atoms with Crippen LogP contribution in [0.3, 0.4) is 0 Å². The molecule has 3 heteroatoms. The minimum Gasteiger partial charge on any atom is -0.370 e. The van der Waals surface area contributed by atoms with E-state index in [1.54, 1.807) is 0 Å². The van der Waals surface area contributed by atoms with Crippen LogP contribution in [0.5, 0.6) is 0 Å². The van der Waals surface area contributed by atoms with Gasteiger partial charge in [-0.3, -0.25) is 4.79 Å². The molecule has 17 heavy (non-hydrogen) atoms. The Hall–Kier alpha value is -1.35. The Morgan fingerprint density at radius 1 is 1.29 bits per heavy atom. The van der Waals surface area contributed by atoms with Gasteiger partial charge in [-0.1, -0.05) is 30.3 Å². The van der Waals surface area contributed by atoms with Gasteiger partial charge in [0, 0.05) is 12.5 Å². The summed E-state index contributed by atoms with van der Waals surface area (Å²) >= 11 is 0. The van der Waals surface area contributed by atoms with Gasteiger partial charge in [0.2, 0.25) is 5.91 Å². The molecule has 1 fully saturated rings. The van der Waals surface area contributed by atoms with Gasteiger partial charge in [-0.2, -0.15) is 0 Å². The summed E-state index contributed by atoms with van der Waals surface area (Å²) < 4.78 is 0. The van der Waals surface area contributed by atoms with Crippen molar-refractivity contribution < 1.29 is 4.79 Å². The van der Waals surface area contributed by atoms with Gasteiger partial charge in [-0.15, -0.1) is 0 Å². The van der Waals surface area contributed by atoms with Crippen LogP contribution in [0.15, 0.2) is 30.3 Å². The molecule has 0 atom stereocenters. The molecule has 1 saturated carbocycles. The predicted molar refractivity (Wildman–Crippen MR) is 68.6 cm³/mol. The van der Waals surface area contributed by atoms with Crippen LogP contribution in [0.1, 0.15) is 37.2 Å². The maximum atomic E-state index is 10.6. The zero-order valence-electron chi connectivity index (χ0n) is 10.1. The predicted octanol–water partition coefficient (Wildman–Crippen LogP) is 1.79. The summed E-state index contributed by atoms with van der Waals surface area (Å²) in [7, 11) is 0. The number of nitrogens with one attached hydrogen (secondary N) is 1. The van der Waals surface area contributed by atoms with Gasteiger partial charge in [-0.25, -0.2) is 0 Å². The van der Waals surface area contributed by atoms with Crippen LogP contribution in [0.4, 0.5) is 0 Å². The number of hydrogen-bond acceptors (Lipinski definition) is 2. The number of primary amides is 1. The quantitative estimate of drug-likeness (QED) is 0.735. The zero-order chi connectivity index (χ0) is 12.1. The van der Waals surface area contributed by atoms with Crippen molar-refractivity contribution in [2.45, 2.75) is 37.6 Å². The molecule has 1 amide bonds. The average molecular weight is 232 g/mol. The molecule has 1 aliphatic carbocycles. The first-order valence-electron chi connectivity index (χ1n) is 6.32. The number of carbonyl (C=O) groups excluding carboxylic acids is 1. The Morgan fingerprint density at radius 2 is 2.00 bits per heavy atom. The molecule has 0 unspecified atom stereocenters. The van der Waals surface area contributed by atoms with E-state index < -0.39 is 0 Å². The molecule has 92 valence electrons. The lowest BCUT2D eigenvalue weighted by molar-refractivity contribution is -0.118. The third kappa shape index (κ3) is 3.56. The normalized spacial score (nSPS) is 23.1. The molecule has 0 aliphatic heterocycles. The fraction of sp³-hybridized carbons (Fsp3) is 0.500. The highest BCUT2D eigenvalue weighted by molar-refractivity contribution is 5.73. The standard InChI is InChI=1S/C14H20N2O/c15-14(17)7-4-8-16-13-9-12(10-13)11-5-2-1-3-6-11/h1-3,5-6,12-13,16H,4,7-10H2,(H2,15,17). The van der Waals surface area contributed by atoms with Gasteiger partial charge in [0.1, 0.15) is 0 Å². The first-order chi connectivity index (χ1) is 8.25. The maximum absolute atomic E-state index is 10.6. The number of nitrogens with two attached hydrogens (primary N) is 1. The van der Waals surface area contributed by atoms with Crippen LogP contribution in [-0.2, 0) is 4.79 Å². The SMILES string of the molecule is NC(=O)CCCNC1CC(c2ccccc2)C1. The Labute approximate surface area is 102 Å². The average Bonchev–Trinajstić information content (AvgIpc) is 2.27. The van der Waals surface area contributed by atoms with Crippen molar-refractivity contribution in [3.8, 4) is 0 Å². The molecule has 2 rings (SSSR count). The van der Waals surface area contributed by atoms with Gasteiger partial charge in [0.05, 0.1) is 0 Å². The smallest absolute Gasteiger partial charge is 0.217 e. The lowest BCUT2D eigenvalue weighted by atomic mass is 9.76. The second-order valence-electron chi connectivity index (χ2n) is 4.80. The molecule has 0 bridgehead atoms. The topological polar surface area (TPSA) is 55.1 Å². The second kappa shape index (κ2) is 5.82. The van der Waals surface area contributed by atoms with Gasteiger partial charge >= 0.3 is 0 Å². The molecular formula is C14H20N2O. The Bertz CT molecular complexity index is 358. The van der Waals surface area contributed by atoms with E-state index in [0.29, 0.717) is 18.4 Å². The highest BCUT2D eigenvalue weighted by Gasteiger charge is 2.29. The largest absolute Gasteiger partial charge is 0.370 e. The van der Waals surface area contributed by atoms with Crippen LogP contribution in [0.25, 0.3) is 0 Å². The third-order valence-electron chi connectivity index (χ3n) is 3.44. The van der Waals surface area contributed by atoms with E-state index in [9.17, 15) is 4.79 Å². The molecular weight excluding hydrogens is 212 g/mol. The second-order valence-corrected chi connectivity index (χ2v) is 4.80. The van der Waals surface area contributed by atoms with E-state index >= 15 is 0 Å². The van der Waals surface area contributed by atoms with Gasteiger partial charge in [0.15, 0.2) is 0 Å². The van der Waals surface area contributed by atoms with Gasteiger partial charge < -0.3 is 11.1 Å². The molecule has 0 heterocycles. The summed E-state index contributed by atoms with van der Waals surface area (Å²) in [6, 6.07) is 11.3. The first-order valence-corrected chi connectivity index (χ1v) is 6.32. The van der Waals surface area contributed by atoms with Crippen LogP contribution in [0, 0.1) is 0 Å². The first kappa shape index (κ1) is 12.1. The minimum atomic E-state index is -0.206.